The molecular weight excluding hydrogens is 364 g/mol. The molecule has 4 rings (SSSR count). The van der Waals surface area contributed by atoms with Crippen molar-refractivity contribution in [2.75, 3.05) is 0 Å². The molecule has 0 aliphatic heterocycles. The van der Waals surface area contributed by atoms with Crippen LogP contribution in [0.3, 0.4) is 0 Å². The molecule has 8 atom stereocenters. The van der Waals surface area contributed by atoms with Gasteiger partial charge < -0.3 is 9.47 Å². The van der Waals surface area contributed by atoms with Crippen LogP contribution >= 0.6 is 0 Å². The fraction of sp³-hybridized carbons (Fsp3) is 0.840. The summed E-state index contributed by atoms with van der Waals surface area (Å²) in [5, 5.41) is 0. The van der Waals surface area contributed by atoms with E-state index in [0.29, 0.717) is 5.92 Å². The second-order valence-electron chi connectivity index (χ2n) is 10.8. The fourth-order valence-electron chi connectivity index (χ4n) is 8.12. The second kappa shape index (κ2) is 7.42. The van der Waals surface area contributed by atoms with Gasteiger partial charge in [-0.25, -0.2) is 0 Å². The molecule has 0 spiro atoms. The van der Waals surface area contributed by atoms with E-state index in [4.69, 9.17) is 9.47 Å². The molecule has 4 aliphatic carbocycles. The minimum atomic E-state index is -0.153. The van der Waals surface area contributed by atoms with Crippen molar-refractivity contribution < 1.29 is 19.1 Å². The highest BCUT2D eigenvalue weighted by molar-refractivity contribution is 5.66. The molecule has 3 saturated carbocycles. The Morgan fingerprint density at radius 1 is 1.03 bits per heavy atom. The van der Waals surface area contributed by atoms with Crippen molar-refractivity contribution >= 4 is 11.9 Å². The molecule has 0 saturated heterocycles. The standard InChI is InChI=1S/C25H38O4/c1-15(28-16(2)26)21-8-9-22-20-7-6-18-14-19(29-17(3)27)10-12-24(18,4)23(20)11-13-25(21,22)5/h6,15,19-23H,7-14H2,1-5H3/t15-,19-,20-,21+,22-,23-,24-,25+/m0/s1. The van der Waals surface area contributed by atoms with Crippen LogP contribution in [-0.4, -0.2) is 24.1 Å². The summed E-state index contributed by atoms with van der Waals surface area (Å²) in [5.74, 6) is 2.38. The highest BCUT2D eigenvalue weighted by Crippen LogP contribution is 2.66. The van der Waals surface area contributed by atoms with E-state index in [1.54, 1.807) is 5.57 Å². The number of allylic oxidation sites excluding steroid dienone is 1. The van der Waals surface area contributed by atoms with Crippen molar-refractivity contribution in [2.45, 2.75) is 98.2 Å². The zero-order chi connectivity index (χ0) is 21.0. The number of ether oxygens (including phenoxy) is 2. The summed E-state index contributed by atoms with van der Waals surface area (Å²) in [6.45, 7) is 10.1. The fourth-order valence-corrected chi connectivity index (χ4v) is 8.12. The van der Waals surface area contributed by atoms with Crippen molar-refractivity contribution in [3.8, 4) is 0 Å². The Morgan fingerprint density at radius 2 is 1.79 bits per heavy atom. The molecule has 0 unspecified atom stereocenters. The van der Waals surface area contributed by atoms with Crippen molar-refractivity contribution in [1.82, 2.24) is 0 Å². The number of carbonyl (C=O) groups excluding carboxylic acids is 2. The zero-order valence-corrected chi connectivity index (χ0v) is 18.8. The maximum Gasteiger partial charge on any atom is 0.302 e. The third-order valence-electron chi connectivity index (χ3n) is 9.38. The Balaban J connectivity index is 1.54. The van der Waals surface area contributed by atoms with Gasteiger partial charge in [-0.3, -0.25) is 9.59 Å². The van der Waals surface area contributed by atoms with Crippen LogP contribution < -0.4 is 0 Å². The predicted molar refractivity (Wildman–Crippen MR) is 112 cm³/mol. The lowest BCUT2D eigenvalue weighted by Crippen LogP contribution is -2.51. The van der Waals surface area contributed by atoms with Crippen LogP contribution in [0.25, 0.3) is 0 Å². The van der Waals surface area contributed by atoms with Gasteiger partial charge in [0, 0.05) is 26.2 Å². The molecule has 0 amide bonds. The van der Waals surface area contributed by atoms with Gasteiger partial charge in [0.25, 0.3) is 0 Å². The monoisotopic (exact) mass is 402 g/mol. The maximum atomic E-state index is 11.5. The topological polar surface area (TPSA) is 52.6 Å². The molecule has 0 heterocycles. The maximum absolute atomic E-state index is 11.5. The van der Waals surface area contributed by atoms with Crippen LogP contribution in [0.4, 0.5) is 0 Å². The molecule has 0 aromatic rings. The van der Waals surface area contributed by atoms with E-state index in [9.17, 15) is 9.59 Å². The molecule has 0 bridgehead atoms. The summed E-state index contributed by atoms with van der Waals surface area (Å²) in [7, 11) is 0. The molecule has 0 N–H and O–H groups in total. The van der Waals surface area contributed by atoms with E-state index in [1.165, 1.54) is 39.5 Å². The number of rotatable bonds is 3. The lowest BCUT2D eigenvalue weighted by Gasteiger charge is -2.58. The minimum Gasteiger partial charge on any atom is -0.463 e. The van der Waals surface area contributed by atoms with Gasteiger partial charge in [-0.1, -0.05) is 25.5 Å². The highest BCUT2D eigenvalue weighted by Gasteiger charge is 2.59. The van der Waals surface area contributed by atoms with Gasteiger partial charge in [0.1, 0.15) is 12.2 Å². The summed E-state index contributed by atoms with van der Waals surface area (Å²) in [5.41, 5.74) is 2.09. The number of fused-ring (bicyclic) bond motifs is 5. The summed E-state index contributed by atoms with van der Waals surface area (Å²) in [6, 6.07) is 0. The second-order valence-corrected chi connectivity index (χ2v) is 10.8. The first-order valence-electron chi connectivity index (χ1n) is 11.7. The van der Waals surface area contributed by atoms with Crippen LogP contribution in [0.2, 0.25) is 0 Å². The smallest absolute Gasteiger partial charge is 0.302 e. The van der Waals surface area contributed by atoms with E-state index in [0.717, 1.165) is 43.4 Å². The van der Waals surface area contributed by atoms with Gasteiger partial charge >= 0.3 is 11.9 Å². The summed E-state index contributed by atoms with van der Waals surface area (Å²) < 4.78 is 11.2. The minimum absolute atomic E-state index is 0.0171. The van der Waals surface area contributed by atoms with Gasteiger partial charge in [0.15, 0.2) is 0 Å². The first kappa shape index (κ1) is 20.9. The first-order chi connectivity index (χ1) is 13.6. The van der Waals surface area contributed by atoms with Crippen molar-refractivity contribution in [3.63, 3.8) is 0 Å². The molecule has 4 nitrogen and oxygen atoms in total. The average Bonchev–Trinajstić information content (AvgIpc) is 2.98. The largest absolute Gasteiger partial charge is 0.463 e. The van der Waals surface area contributed by atoms with E-state index >= 15 is 0 Å². The van der Waals surface area contributed by atoms with Crippen LogP contribution in [0.15, 0.2) is 11.6 Å². The Hall–Kier alpha value is -1.32. The summed E-state index contributed by atoms with van der Waals surface area (Å²) in [4.78, 5) is 23.0. The van der Waals surface area contributed by atoms with Crippen molar-refractivity contribution in [3.05, 3.63) is 11.6 Å². The van der Waals surface area contributed by atoms with Crippen LogP contribution in [0, 0.1) is 34.5 Å². The van der Waals surface area contributed by atoms with E-state index in [-0.39, 0.29) is 35.0 Å². The Bertz CT molecular complexity index is 712. The van der Waals surface area contributed by atoms with Gasteiger partial charge in [-0.2, -0.15) is 0 Å². The Kier molecular flexibility index (Phi) is 5.36. The molecule has 0 aromatic carbocycles. The quantitative estimate of drug-likeness (QED) is 0.465. The number of hydrogen-bond donors (Lipinski definition) is 0. The van der Waals surface area contributed by atoms with Gasteiger partial charge in [0.05, 0.1) is 0 Å². The average molecular weight is 403 g/mol. The van der Waals surface area contributed by atoms with Gasteiger partial charge in [-0.15, -0.1) is 0 Å². The van der Waals surface area contributed by atoms with E-state index in [1.807, 2.05) is 0 Å². The molecule has 4 heteroatoms. The SMILES string of the molecule is CC(=O)O[C@H]1CC[C@@]2(C)C(=CC[C@H]3[C@@H]4CC[C@H]([C@H](C)OC(C)=O)[C@@]4(C)CC[C@@H]32)C1. The lowest BCUT2D eigenvalue weighted by atomic mass is 9.47. The summed E-state index contributed by atoms with van der Waals surface area (Å²) in [6.07, 6.45) is 11.8. The Morgan fingerprint density at radius 3 is 2.48 bits per heavy atom. The van der Waals surface area contributed by atoms with Gasteiger partial charge in [0.2, 0.25) is 0 Å². The first-order valence-corrected chi connectivity index (χ1v) is 11.7. The van der Waals surface area contributed by atoms with E-state index in [2.05, 4.69) is 26.8 Å². The molecule has 162 valence electrons. The molecule has 0 radical (unpaired) electrons. The zero-order valence-electron chi connectivity index (χ0n) is 18.8. The molecule has 3 fully saturated rings. The molecule has 4 aliphatic rings. The van der Waals surface area contributed by atoms with Crippen LogP contribution in [0.1, 0.15) is 86.0 Å². The molecular formula is C25H38O4. The molecule has 29 heavy (non-hydrogen) atoms. The summed E-state index contributed by atoms with van der Waals surface area (Å²) >= 11 is 0. The van der Waals surface area contributed by atoms with Crippen LogP contribution in [0.5, 0.6) is 0 Å². The van der Waals surface area contributed by atoms with Gasteiger partial charge in [-0.05, 0) is 80.5 Å². The normalized spacial score (nSPS) is 44.6. The third kappa shape index (κ3) is 3.45. The molecule has 0 aromatic heterocycles. The lowest BCUT2D eigenvalue weighted by molar-refractivity contribution is -0.153. The highest BCUT2D eigenvalue weighted by atomic mass is 16.5. The number of esters is 2. The van der Waals surface area contributed by atoms with Crippen molar-refractivity contribution in [1.29, 1.82) is 0 Å². The number of carbonyl (C=O) groups is 2. The number of hydrogen-bond acceptors (Lipinski definition) is 4. The predicted octanol–water partition coefficient (Wildman–Crippen LogP) is 5.45. The Labute approximate surface area is 175 Å². The van der Waals surface area contributed by atoms with Crippen LogP contribution in [-0.2, 0) is 19.1 Å². The van der Waals surface area contributed by atoms with Crippen molar-refractivity contribution in [2.24, 2.45) is 34.5 Å². The third-order valence-corrected chi connectivity index (χ3v) is 9.38. The van der Waals surface area contributed by atoms with E-state index < -0.39 is 0 Å².